The van der Waals surface area contributed by atoms with Crippen molar-refractivity contribution >= 4 is 11.8 Å². The van der Waals surface area contributed by atoms with Crippen molar-refractivity contribution in [2.45, 2.75) is 43.2 Å². The quantitative estimate of drug-likeness (QED) is 0.929. The SMILES string of the molecule is Cc1nn(C)c(Sc2ccc(C(C)C)cc2)c1CO. The van der Waals surface area contributed by atoms with Gasteiger partial charge in [-0.15, -0.1) is 0 Å². The van der Waals surface area contributed by atoms with Crippen molar-refractivity contribution in [3.05, 3.63) is 41.1 Å². The van der Waals surface area contributed by atoms with Crippen LogP contribution in [0.25, 0.3) is 0 Å². The van der Waals surface area contributed by atoms with E-state index in [1.54, 1.807) is 11.8 Å². The van der Waals surface area contributed by atoms with Crippen LogP contribution in [0, 0.1) is 6.92 Å². The first-order valence-electron chi connectivity index (χ1n) is 6.44. The summed E-state index contributed by atoms with van der Waals surface area (Å²) in [5.41, 5.74) is 3.15. The summed E-state index contributed by atoms with van der Waals surface area (Å²) in [7, 11) is 1.91. The van der Waals surface area contributed by atoms with Gasteiger partial charge in [0.1, 0.15) is 5.03 Å². The second-order valence-corrected chi connectivity index (χ2v) is 6.04. The van der Waals surface area contributed by atoms with Gasteiger partial charge in [-0.1, -0.05) is 37.7 Å². The second kappa shape index (κ2) is 5.80. The molecular formula is C15H20N2OS. The van der Waals surface area contributed by atoms with Crippen molar-refractivity contribution in [1.29, 1.82) is 0 Å². The molecule has 0 radical (unpaired) electrons. The second-order valence-electron chi connectivity index (χ2n) is 4.98. The van der Waals surface area contributed by atoms with Crippen molar-refractivity contribution in [2.24, 2.45) is 7.05 Å². The summed E-state index contributed by atoms with van der Waals surface area (Å²) in [5, 5.41) is 14.8. The largest absolute Gasteiger partial charge is 0.392 e. The molecule has 2 aromatic rings. The van der Waals surface area contributed by atoms with Crippen molar-refractivity contribution in [3.8, 4) is 0 Å². The Morgan fingerprint density at radius 1 is 1.26 bits per heavy atom. The van der Waals surface area contributed by atoms with Gasteiger partial charge in [-0.3, -0.25) is 4.68 Å². The van der Waals surface area contributed by atoms with Crippen LogP contribution in [-0.2, 0) is 13.7 Å². The highest BCUT2D eigenvalue weighted by atomic mass is 32.2. The molecule has 0 unspecified atom stereocenters. The summed E-state index contributed by atoms with van der Waals surface area (Å²) in [6.45, 7) is 6.34. The van der Waals surface area contributed by atoms with Gasteiger partial charge < -0.3 is 5.11 Å². The molecule has 0 fully saturated rings. The molecule has 0 saturated carbocycles. The minimum atomic E-state index is 0.0338. The molecule has 0 amide bonds. The van der Waals surface area contributed by atoms with Crippen LogP contribution < -0.4 is 0 Å². The highest BCUT2D eigenvalue weighted by Gasteiger charge is 2.13. The third kappa shape index (κ3) is 3.01. The molecule has 0 aliphatic carbocycles. The zero-order chi connectivity index (χ0) is 14.0. The fraction of sp³-hybridized carbons (Fsp3) is 0.400. The molecule has 0 aliphatic rings. The molecule has 102 valence electrons. The molecule has 1 heterocycles. The Bertz CT molecular complexity index is 558. The first-order chi connectivity index (χ1) is 9.02. The number of aliphatic hydroxyl groups excluding tert-OH is 1. The van der Waals surface area contributed by atoms with E-state index in [9.17, 15) is 5.11 Å². The van der Waals surface area contributed by atoms with E-state index in [0.717, 1.165) is 16.3 Å². The van der Waals surface area contributed by atoms with E-state index in [2.05, 4.69) is 43.2 Å². The highest BCUT2D eigenvalue weighted by molar-refractivity contribution is 7.99. The number of aromatic nitrogens is 2. The van der Waals surface area contributed by atoms with E-state index < -0.39 is 0 Å². The van der Waals surface area contributed by atoms with Gasteiger partial charge in [0, 0.05) is 17.5 Å². The van der Waals surface area contributed by atoms with Crippen LogP contribution in [0.3, 0.4) is 0 Å². The molecule has 0 spiro atoms. The van der Waals surface area contributed by atoms with Crippen molar-refractivity contribution in [3.63, 3.8) is 0 Å². The van der Waals surface area contributed by atoms with Gasteiger partial charge in [0.05, 0.1) is 12.3 Å². The lowest BCUT2D eigenvalue weighted by Crippen LogP contribution is -1.94. The van der Waals surface area contributed by atoms with Crippen LogP contribution in [0.1, 0.15) is 36.6 Å². The Morgan fingerprint density at radius 2 is 1.89 bits per heavy atom. The van der Waals surface area contributed by atoms with E-state index >= 15 is 0 Å². The smallest absolute Gasteiger partial charge is 0.104 e. The Balaban J connectivity index is 2.26. The normalized spacial score (nSPS) is 11.3. The predicted octanol–water partition coefficient (Wildman–Crippen LogP) is 3.50. The fourth-order valence-electron chi connectivity index (χ4n) is 2.02. The molecular weight excluding hydrogens is 256 g/mol. The number of benzene rings is 1. The van der Waals surface area contributed by atoms with Crippen molar-refractivity contribution in [2.75, 3.05) is 0 Å². The summed E-state index contributed by atoms with van der Waals surface area (Å²) >= 11 is 1.65. The maximum Gasteiger partial charge on any atom is 0.104 e. The van der Waals surface area contributed by atoms with Gasteiger partial charge in [-0.25, -0.2) is 0 Å². The van der Waals surface area contributed by atoms with E-state index in [-0.39, 0.29) is 6.61 Å². The average molecular weight is 276 g/mol. The fourth-order valence-corrected chi connectivity index (χ4v) is 3.03. The molecule has 1 aromatic heterocycles. The minimum absolute atomic E-state index is 0.0338. The molecule has 0 aliphatic heterocycles. The molecule has 0 atom stereocenters. The zero-order valence-electron chi connectivity index (χ0n) is 11.8. The molecule has 2 rings (SSSR count). The molecule has 1 N–H and O–H groups in total. The highest BCUT2D eigenvalue weighted by Crippen LogP contribution is 2.32. The molecule has 3 nitrogen and oxygen atoms in total. The first-order valence-corrected chi connectivity index (χ1v) is 7.25. The monoisotopic (exact) mass is 276 g/mol. The molecule has 1 aromatic carbocycles. The Labute approximate surface area is 118 Å². The van der Waals surface area contributed by atoms with Gasteiger partial charge in [0.2, 0.25) is 0 Å². The van der Waals surface area contributed by atoms with Crippen LogP contribution in [0.4, 0.5) is 0 Å². The minimum Gasteiger partial charge on any atom is -0.392 e. The lowest BCUT2D eigenvalue weighted by molar-refractivity contribution is 0.277. The van der Waals surface area contributed by atoms with E-state index in [0.29, 0.717) is 5.92 Å². The number of rotatable bonds is 4. The summed E-state index contributed by atoms with van der Waals surface area (Å²) in [4.78, 5) is 1.17. The van der Waals surface area contributed by atoms with Crippen LogP contribution in [0.15, 0.2) is 34.2 Å². The maximum atomic E-state index is 9.44. The van der Waals surface area contributed by atoms with Crippen LogP contribution >= 0.6 is 11.8 Å². The van der Waals surface area contributed by atoms with E-state index in [1.165, 1.54) is 10.5 Å². The zero-order valence-corrected chi connectivity index (χ0v) is 12.7. The van der Waals surface area contributed by atoms with E-state index in [4.69, 9.17) is 0 Å². The van der Waals surface area contributed by atoms with Gasteiger partial charge in [-0.05, 0) is 30.5 Å². The Hall–Kier alpha value is -1.26. The number of hydrogen-bond acceptors (Lipinski definition) is 3. The summed E-state index contributed by atoms with van der Waals surface area (Å²) in [6, 6.07) is 8.58. The third-order valence-electron chi connectivity index (χ3n) is 3.21. The molecule has 0 saturated heterocycles. The average Bonchev–Trinajstić information content (AvgIpc) is 2.64. The maximum absolute atomic E-state index is 9.44. The standard InChI is InChI=1S/C15H20N2OS/c1-10(2)12-5-7-13(8-6-12)19-15-14(9-18)11(3)16-17(15)4/h5-8,10,18H,9H2,1-4H3. The molecule has 0 bridgehead atoms. The van der Waals surface area contributed by atoms with Gasteiger partial charge in [-0.2, -0.15) is 5.10 Å². The third-order valence-corrected chi connectivity index (χ3v) is 4.42. The summed E-state index contributed by atoms with van der Waals surface area (Å²) in [5.74, 6) is 0.547. The number of hydrogen-bond donors (Lipinski definition) is 1. The molecule has 19 heavy (non-hydrogen) atoms. The number of nitrogens with zero attached hydrogens (tertiary/aromatic N) is 2. The van der Waals surface area contributed by atoms with E-state index in [1.807, 2.05) is 18.7 Å². The lowest BCUT2D eigenvalue weighted by Gasteiger charge is -2.08. The van der Waals surface area contributed by atoms with Crippen LogP contribution in [0.2, 0.25) is 0 Å². The number of aryl methyl sites for hydroxylation is 2. The summed E-state index contributed by atoms with van der Waals surface area (Å²) in [6.07, 6.45) is 0. The topological polar surface area (TPSA) is 38.0 Å². The van der Waals surface area contributed by atoms with Crippen LogP contribution in [-0.4, -0.2) is 14.9 Å². The molecule has 4 heteroatoms. The Morgan fingerprint density at radius 3 is 2.42 bits per heavy atom. The lowest BCUT2D eigenvalue weighted by atomic mass is 10.0. The van der Waals surface area contributed by atoms with Gasteiger partial charge >= 0.3 is 0 Å². The van der Waals surface area contributed by atoms with Crippen LogP contribution in [0.5, 0.6) is 0 Å². The predicted molar refractivity (Wildman–Crippen MR) is 78.5 cm³/mol. The van der Waals surface area contributed by atoms with Crippen molar-refractivity contribution in [1.82, 2.24) is 9.78 Å². The van der Waals surface area contributed by atoms with Gasteiger partial charge in [0.25, 0.3) is 0 Å². The van der Waals surface area contributed by atoms with Crippen molar-refractivity contribution < 1.29 is 5.11 Å². The summed E-state index contributed by atoms with van der Waals surface area (Å²) < 4.78 is 1.84. The Kier molecular flexibility index (Phi) is 4.32. The number of aliphatic hydroxyl groups is 1. The van der Waals surface area contributed by atoms with Gasteiger partial charge in [0.15, 0.2) is 0 Å². The first kappa shape index (κ1) is 14.2.